The lowest BCUT2D eigenvalue weighted by Gasteiger charge is -2.43. The summed E-state index contributed by atoms with van der Waals surface area (Å²) in [6.45, 7) is 9.74. The SMILES string of the molecule is CCC(C)(C)C1CCC(N(C)C2CCCNCC2)CC1. The molecule has 20 heavy (non-hydrogen) atoms. The van der Waals surface area contributed by atoms with Gasteiger partial charge in [-0.1, -0.05) is 27.2 Å². The average molecular weight is 280 g/mol. The van der Waals surface area contributed by atoms with Crippen molar-refractivity contribution >= 4 is 0 Å². The molecule has 2 rings (SSSR count). The van der Waals surface area contributed by atoms with Crippen LogP contribution in [0.5, 0.6) is 0 Å². The first kappa shape index (κ1) is 16.3. The Hall–Kier alpha value is -0.0800. The summed E-state index contributed by atoms with van der Waals surface area (Å²) in [5.41, 5.74) is 0.551. The van der Waals surface area contributed by atoms with Gasteiger partial charge in [-0.3, -0.25) is 0 Å². The minimum Gasteiger partial charge on any atom is -0.317 e. The van der Waals surface area contributed by atoms with E-state index in [1.54, 1.807) is 0 Å². The van der Waals surface area contributed by atoms with E-state index in [0.717, 1.165) is 18.0 Å². The van der Waals surface area contributed by atoms with Gasteiger partial charge >= 0.3 is 0 Å². The largest absolute Gasteiger partial charge is 0.317 e. The summed E-state index contributed by atoms with van der Waals surface area (Å²) in [5.74, 6) is 0.952. The fourth-order valence-electron chi connectivity index (χ4n) is 4.26. The molecule has 0 aromatic carbocycles. The summed E-state index contributed by atoms with van der Waals surface area (Å²) in [4.78, 5) is 2.74. The van der Waals surface area contributed by atoms with Crippen LogP contribution in [0.2, 0.25) is 0 Å². The van der Waals surface area contributed by atoms with Crippen molar-refractivity contribution in [2.75, 3.05) is 20.1 Å². The summed E-state index contributed by atoms with van der Waals surface area (Å²) in [7, 11) is 2.39. The van der Waals surface area contributed by atoms with Crippen LogP contribution in [0.1, 0.15) is 72.1 Å². The van der Waals surface area contributed by atoms with E-state index in [1.165, 1.54) is 64.5 Å². The second-order valence-electron chi connectivity index (χ2n) is 7.85. The summed E-state index contributed by atoms with van der Waals surface area (Å²) in [6, 6.07) is 1.67. The molecule has 1 saturated carbocycles. The molecule has 0 aromatic heterocycles. The van der Waals surface area contributed by atoms with Gasteiger partial charge in [0.2, 0.25) is 0 Å². The highest BCUT2D eigenvalue weighted by Gasteiger charge is 2.34. The molecule has 0 spiro atoms. The molecule has 0 aromatic rings. The molecule has 1 saturated heterocycles. The zero-order valence-corrected chi connectivity index (χ0v) is 14.3. The summed E-state index contributed by atoms with van der Waals surface area (Å²) in [5, 5.41) is 3.54. The average Bonchev–Trinajstić information content (AvgIpc) is 2.75. The van der Waals surface area contributed by atoms with Crippen LogP contribution in [-0.4, -0.2) is 37.1 Å². The highest BCUT2D eigenvalue weighted by molar-refractivity contribution is 4.87. The van der Waals surface area contributed by atoms with Gasteiger partial charge in [0.15, 0.2) is 0 Å². The van der Waals surface area contributed by atoms with Gasteiger partial charge in [-0.05, 0) is 76.4 Å². The van der Waals surface area contributed by atoms with Crippen LogP contribution in [0.25, 0.3) is 0 Å². The van der Waals surface area contributed by atoms with Crippen LogP contribution in [0.15, 0.2) is 0 Å². The van der Waals surface area contributed by atoms with E-state index in [9.17, 15) is 0 Å². The van der Waals surface area contributed by atoms with Crippen molar-refractivity contribution in [3.05, 3.63) is 0 Å². The predicted molar refractivity (Wildman–Crippen MR) is 88.1 cm³/mol. The number of rotatable bonds is 4. The normalized spacial score (nSPS) is 33.1. The van der Waals surface area contributed by atoms with Gasteiger partial charge in [-0.2, -0.15) is 0 Å². The van der Waals surface area contributed by atoms with Gasteiger partial charge in [0.05, 0.1) is 0 Å². The van der Waals surface area contributed by atoms with E-state index in [-0.39, 0.29) is 0 Å². The van der Waals surface area contributed by atoms with Gasteiger partial charge in [-0.15, -0.1) is 0 Å². The van der Waals surface area contributed by atoms with Crippen molar-refractivity contribution in [2.45, 2.75) is 84.2 Å². The number of hydrogen-bond donors (Lipinski definition) is 1. The molecule has 1 atom stereocenters. The first-order chi connectivity index (χ1) is 9.54. The van der Waals surface area contributed by atoms with Crippen molar-refractivity contribution in [2.24, 2.45) is 11.3 Å². The maximum absolute atomic E-state index is 3.54. The third kappa shape index (κ3) is 3.98. The second kappa shape index (κ2) is 7.26. The fourth-order valence-corrected chi connectivity index (χ4v) is 4.26. The van der Waals surface area contributed by atoms with Gasteiger partial charge < -0.3 is 10.2 Å². The molecule has 0 bridgehead atoms. The Kier molecular flexibility index (Phi) is 5.92. The van der Waals surface area contributed by atoms with Crippen LogP contribution in [0, 0.1) is 11.3 Å². The predicted octanol–water partition coefficient (Wildman–Crippen LogP) is 4.06. The number of hydrogen-bond acceptors (Lipinski definition) is 2. The summed E-state index contributed by atoms with van der Waals surface area (Å²) >= 11 is 0. The lowest BCUT2D eigenvalue weighted by atomic mass is 9.68. The Morgan fingerprint density at radius 3 is 2.25 bits per heavy atom. The van der Waals surface area contributed by atoms with Crippen molar-refractivity contribution in [3.63, 3.8) is 0 Å². The smallest absolute Gasteiger partial charge is 0.0108 e. The highest BCUT2D eigenvalue weighted by atomic mass is 15.2. The van der Waals surface area contributed by atoms with Crippen LogP contribution < -0.4 is 5.32 Å². The number of nitrogens with zero attached hydrogens (tertiary/aromatic N) is 1. The zero-order chi connectivity index (χ0) is 14.6. The molecule has 1 unspecified atom stereocenters. The van der Waals surface area contributed by atoms with E-state index in [1.807, 2.05) is 0 Å². The first-order valence-corrected chi connectivity index (χ1v) is 8.97. The van der Waals surface area contributed by atoms with Gasteiger partial charge in [-0.25, -0.2) is 0 Å². The first-order valence-electron chi connectivity index (χ1n) is 8.97. The van der Waals surface area contributed by atoms with Crippen molar-refractivity contribution in [1.29, 1.82) is 0 Å². The Labute approximate surface area is 126 Å². The Bertz CT molecular complexity index is 271. The van der Waals surface area contributed by atoms with E-state index in [2.05, 4.69) is 38.0 Å². The highest BCUT2D eigenvalue weighted by Crippen LogP contribution is 2.41. The zero-order valence-electron chi connectivity index (χ0n) is 14.3. The quantitative estimate of drug-likeness (QED) is 0.835. The molecule has 0 radical (unpaired) electrons. The molecule has 1 aliphatic heterocycles. The van der Waals surface area contributed by atoms with Crippen LogP contribution in [-0.2, 0) is 0 Å². The minimum atomic E-state index is 0.551. The molecule has 2 aliphatic rings. The molecular weight excluding hydrogens is 244 g/mol. The van der Waals surface area contributed by atoms with Crippen LogP contribution in [0.4, 0.5) is 0 Å². The van der Waals surface area contributed by atoms with E-state index in [4.69, 9.17) is 0 Å². The minimum absolute atomic E-state index is 0.551. The van der Waals surface area contributed by atoms with Crippen LogP contribution in [0.3, 0.4) is 0 Å². The Morgan fingerprint density at radius 2 is 1.60 bits per heavy atom. The molecule has 1 heterocycles. The van der Waals surface area contributed by atoms with Gasteiger partial charge in [0.25, 0.3) is 0 Å². The molecule has 0 amide bonds. The lowest BCUT2D eigenvalue weighted by molar-refractivity contribution is 0.0732. The topological polar surface area (TPSA) is 15.3 Å². The van der Waals surface area contributed by atoms with E-state index in [0.29, 0.717) is 5.41 Å². The van der Waals surface area contributed by atoms with E-state index >= 15 is 0 Å². The number of nitrogens with one attached hydrogen (secondary N) is 1. The fraction of sp³-hybridized carbons (Fsp3) is 1.00. The lowest BCUT2D eigenvalue weighted by Crippen LogP contribution is -2.43. The maximum Gasteiger partial charge on any atom is 0.0108 e. The molecule has 1 aliphatic carbocycles. The van der Waals surface area contributed by atoms with Gasteiger partial charge in [0, 0.05) is 12.1 Å². The van der Waals surface area contributed by atoms with Crippen molar-refractivity contribution < 1.29 is 0 Å². The molecular formula is C18H36N2. The Balaban J connectivity index is 1.83. The summed E-state index contributed by atoms with van der Waals surface area (Å²) in [6.07, 6.45) is 11.2. The van der Waals surface area contributed by atoms with E-state index < -0.39 is 0 Å². The molecule has 2 heteroatoms. The molecule has 2 fully saturated rings. The summed E-state index contributed by atoms with van der Waals surface area (Å²) < 4.78 is 0. The standard InChI is InChI=1S/C18H36N2/c1-5-18(2,3)15-8-10-17(11-9-15)20(4)16-7-6-13-19-14-12-16/h15-17,19H,5-14H2,1-4H3. The third-order valence-corrected chi connectivity index (χ3v) is 6.41. The molecule has 2 nitrogen and oxygen atoms in total. The van der Waals surface area contributed by atoms with Gasteiger partial charge in [0.1, 0.15) is 0 Å². The molecule has 1 N–H and O–H groups in total. The third-order valence-electron chi connectivity index (χ3n) is 6.41. The monoisotopic (exact) mass is 280 g/mol. The van der Waals surface area contributed by atoms with Crippen molar-refractivity contribution in [1.82, 2.24) is 10.2 Å². The second-order valence-corrected chi connectivity index (χ2v) is 7.85. The van der Waals surface area contributed by atoms with Crippen molar-refractivity contribution in [3.8, 4) is 0 Å². The van der Waals surface area contributed by atoms with Crippen LogP contribution >= 0.6 is 0 Å². The Morgan fingerprint density at radius 1 is 0.950 bits per heavy atom. The maximum atomic E-state index is 3.54. The molecule has 118 valence electrons.